The van der Waals surface area contributed by atoms with Crippen LogP contribution in [-0.2, 0) is 6.54 Å². The largest absolute Gasteiger partial charge is 0.497 e. The number of thiophene rings is 1. The molecule has 0 aliphatic rings. The number of benzene rings is 1. The average molecular weight is 324 g/mol. The van der Waals surface area contributed by atoms with Crippen LogP contribution in [0.2, 0.25) is 0 Å². The van der Waals surface area contributed by atoms with E-state index < -0.39 is 0 Å². The normalized spacial score (nSPS) is 10.3. The second-order valence-electron chi connectivity index (χ2n) is 4.89. The van der Waals surface area contributed by atoms with Crippen molar-refractivity contribution < 1.29 is 9.53 Å². The first-order valence-electron chi connectivity index (χ1n) is 7.17. The Balaban J connectivity index is 1.95. The third-order valence-corrected chi connectivity index (χ3v) is 4.24. The fraction of sp³-hybridized carbons (Fsp3) is 0.111. The molecule has 0 unspecified atom stereocenters. The zero-order valence-corrected chi connectivity index (χ0v) is 13.5. The van der Waals surface area contributed by atoms with E-state index in [1.165, 1.54) is 0 Å². The van der Waals surface area contributed by atoms with Gasteiger partial charge in [-0.05, 0) is 41.8 Å². The first-order chi connectivity index (χ1) is 11.3. The lowest BCUT2D eigenvalue weighted by Crippen LogP contribution is -2.30. The highest BCUT2D eigenvalue weighted by Crippen LogP contribution is 2.21. The molecule has 0 fully saturated rings. The number of nitrogens with zero attached hydrogens (tertiary/aromatic N) is 2. The number of carbonyl (C=O) groups excluding carboxylic acids is 1. The lowest BCUT2D eigenvalue weighted by atomic mass is 10.2. The van der Waals surface area contributed by atoms with Crippen molar-refractivity contribution in [1.29, 1.82) is 0 Å². The molecule has 2 aromatic heterocycles. The quantitative estimate of drug-likeness (QED) is 0.712. The Labute approximate surface area is 139 Å². The molecular weight excluding hydrogens is 308 g/mol. The maximum absolute atomic E-state index is 13.0. The van der Waals surface area contributed by atoms with Crippen molar-refractivity contribution in [3.8, 4) is 5.75 Å². The van der Waals surface area contributed by atoms with E-state index in [9.17, 15) is 4.79 Å². The number of carbonyl (C=O) groups is 1. The highest BCUT2D eigenvalue weighted by Gasteiger charge is 2.20. The third-order valence-electron chi connectivity index (χ3n) is 3.38. The lowest BCUT2D eigenvalue weighted by molar-refractivity contribution is 0.0984. The van der Waals surface area contributed by atoms with Crippen LogP contribution in [0.3, 0.4) is 0 Å². The molecule has 3 aromatic rings. The summed E-state index contributed by atoms with van der Waals surface area (Å²) in [6.07, 6.45) is 1.69. The molecule has 0 saturated carbocycles. The Morgan fingerprint density at radius 1 is 1.17 bits per heavy atom. The molecule has 23 heavy (non-hydrogen) atoms. The number of methoxy groups -OCH3 is 1. The first-order valence-corrected chi connectivity index (χ1v) is 8.05. The molecule has 2 heterocycles. The fourth-order valence-electron chi connectivity index (χ4n) is 2.24. The number of rotatable bonds is 5. The van der Waals surface area contributed by atoms with Gasteiger partial charge in [0.05, 0.1) is 13.7 Å². The van der Waals surface area contributed by atoms with E-state index in [4.69, 9.17) is 4.74 Å². The van der Waals surface area contributed by atoms with Gasteiger partial charge in [0, 0.05) is 16.6 Å². The van der Waals surface area contributed by atoms with Gasteiger partial charge >= 0.3 is 0 Å². The number of pyridine rings is 1. The van der Waals surface area contributed by atoms with Gasteiger partial charge in [0.2, 0.25) is 0 Å². The summed E-state index contributed by atoms with van der Waals surface area (Å²) in [5.41, 5.74) is 0.576. The first kappa shape index (κ1) is 15.2. The predicted molar refractivity (Wildman–Crippen MR) is 92.1 cm³/mol. The van der Waals surface area contributed by atoms with Crippen LogP contribution >= 0.6 is 11.3 Å². The Morgan fingerprint density at radius 3 is 2.78 bits per heavy atom. The number of hydrogen-bond acceptors (Lipinski definition) is 4. The average Bonchev–Trinajstić information content (AvgIpc) is 3.13. The van der Waals surface area contributed by atoms with Crippen LogP contribution in [0.15, 0.2) is 66.2 Å². The van der Waals surface area contributed by atoms with Crippen LogP contribution in [0.1, 0.15) is 15.2 Å². The smallest absolute Gasteiger partial charge is 0.259 e. The minimum atomic E-state index is -0.101. The van der Waals surface area contributed by atoms with Crippen LogP contribution in [0, 0.1) is 0 Å². The Hall–Kier alpha value is -2.66. The van der Waals surface area contributed by atoms with Crippen LogP contribution in [-0.4, -0.2) is 18.0 Å². The summed E-state index contributed by atoms with van der Waals surface area (Å²) in [5, 5.41) is 2.00. The molecule has 0 N–H and O–H groups in total. The monoisotopic (exact) mass is 324 g/mol. The molecule has 0 spiro atoms. The third kappa shape index (κ3) is 3.57. The van der Waals surface area contributed by atoms with Crippen molar-refractivity contribution in [2.45, 2.75) is 6.54 Å². The summed E-state index contributed by atoms with van der Waals surface area (Å²) in [6.45, 7) is 0.491. The summed E-state index contributed by atoms with van der Waals surface area (Å²) in [6, 6.07) is 16.7. The molecule has 116 valence electrons. The molecular formula is C18H16N2O2S. The summed E-state index contributed by atoms with van der Waals surface area (Å²) >= 11 is 1.62. The second kappa shape index (κ2) is 7.07. The van der Waals surface area contributed by atoms with Gasteiger partial charge in [-0.2, -0.15) is 0 Å². The minimum Gasteiger partial charge on any atom is -0.497 e. The van der Waals surface area contributed by atoms with E-state index in [1.54, 1.807) is 41.7 Å². The molecule has 3 rings (SSSR count). The standard InChI is InChI=1S/C18H16N2O2S/c1-22-15-7-4-6-14(12-15)18(21)20(13-16-8-5-11-23-16)17-9-2-3-10-19-17/h2-12H,13H2,1H3. The maximum Gasteiger partial charge on any atom is 0.259 e. The fourth-order valence-corrected chi connectivity index (χ4v) is 2.93. The Bertz CT molecular complexity index is 773. The highest BCUT2D eigenvalue weighted by molar-refractivity contribution is 7.09. The summed E-state index contributed by atoms with van der Waals surface area (Å²) in [5.74, 6) is 1.19. The molecule has 4 nitrogen and oxygen atoms in total. The van der Waals surface area contributed by atoms with E-state index in [0.717, 1.165) is 4.88 Å². The molecule has 0 bridgehead atoms. The summed E-state index contributed by atoms with van der Waals surface area (Å²) < 4.78 is 5.21. The SMILES string of the molecule is COc1cccc(C(=O)N(Cc2cccs2)c2ccccn2)c1. The maximum atomic E-state index is 13.0. The van der Waals surface area contributed by atoms with E-state index in [-0.39, 0.29) is 5.91 Å². The van der Waals surface area contributed by atoms with Gasteiger partial charge in [0.15, 0.2) is 0 Å². The number of hydrogen-bond donors (Lipinski definition) is 0. The Kier molecular flexibility index (Phi) is 4.68. The van der Waals surface area contributed by atoms with Crippen molar-refractivity contribution in [2.75, 3.05) is 12.0 Å². The number of aromatic nitrogens is 1. The zero-order chi connectivity index (χ0) is 16.1. The molecule has 0 atom stereocenters. The highest BCUT2D eigenvalue weighted by atomic mass is 32.1. The van der Waals surface area contributed by atoms with E-state index in [1.807, 2.05) is 47.8 Å². The Morgan fingerprint density at radius 2 is 2.09 bits per heavy atom. The van der Waals surface area contributed by atoms with Gasteiger partial charge in [-0.15, -0.1) is 11.3 Å². The van der Waals surface area contributed by atoms with Gasteiger partial charge in [0.1, 0.15) is 11.6 Å². The molecule has 1 amide bonds. The summed E-state index contributed by atoms with van der Waals surface area (Å²) in [4.78, 5) is 20.1. The van der Waals surface area contributed by atoms with Crippen LogP contribution < -0.4 is 9.64 Å². The van der Waals surface area contributed by atoms with Gasteiger partial charge in [-0.1, -0.05) is 18.2 Å². The molecule has 0 aliphatic heterocycles. The minimum absolute atomic E-state index is 0.101. The molecule has 0 aliphatic carbocycles. The van der Waals surface area contributed by atoms with E-state index in [2.05, 4.69) is 4.98 Å². The van der Waals surface area contributed by atoms with Crippen LogP contribution in [0.25, 0.3) is 0 Å². The van der Waals surface area contributed by atoms with Crippen LogP contribution in [0.4, 0.5) is 5.82 Å². The zero-order valence-electron chi connectivity index (χ0n) is 12.7. The molecule has 0 saturated heterocycles. The lowest BCUT2D eigenvalue weighted by Gasteiger charge is -2.21. The van der Waals surface area contributed by atoms with Crippen molar-refractivity contribution >= 4 is 23.1 Å². The van der Waals surface area contributed by atoms with E-state index >= 15 is 0 Å². The van der Waals surface area contributed by atoms with Gasteiger partial charge in [0.25, 0.3) is 5.91 Å². The molecule has 5 heteroatoms. The summed E-state index contributed by atoms with van der Waals surface area (Å²) in [7, 11) is 1.59. The van der Waals surface area contributed by atoms with Crippen molar-refractivity contribution in [3.05, 3.63) is 76.6 Å². The van der Waals surface area contributed by atoms with Gasteiger partial charge < -0.3 is 4.74 Å². The van der Waals surface area contributed by atoms with Crippen molar-refractivity contribution in [1.82, 2.24) is 4.98 Å². The van der Waals surface area contributed by atoms with E-state index in [0.29, 0.717) is 23.7 Å². The number of ether oxygens (including phenoxy) is 1. The predicted octanol–water partition coefficient (Wildman–Crippen LogP) is 4.00. The number of amides is 1. The topological polar surface area (TPSA) is 42.4 Å². The second-order valence-corrected chi connectivity index (χ2v) is 5.92. The molecule has 0 radical (unpaired) electrons. The van der Waals surface area contributed by atoms with Gasteiger partial charge in [-0.3, -0.25) is 9.69 Å². The molecule has 1 aromatic carbocycles. The van der Waals surface area contributed by atoms with Crippen molar-refractivity contribution in [2.24, 2.45) is 0 Å². The van der Waals surface area contributed by atoms with Crippen molar-refractivity contribution in [3.63, 3.8) is 0 Å². The number of anilines is 1. The van der Waals surface area contributed by atoms with Crippen LogP contribution in [0.5, 0.6) is 5.75 Å². The van der Waals surface area contributed by atoms with Gasteiger partial charge in [-0.25, -0.2) is 4.98 Å².